The second-order valence-electron chi connectivity index (χ2n) is 3.98. The predicted octanol–water partition coefficient (Wildman–Crippen LogP) is 2.43. The first kappa shape index (κ1) is 8.48. The summed E-state index contributed by atoms with van der Waals surface area (Å²) in [6.07, 6.45) is 0. The van der Waals surface area contributed by atoms with E-state index < -0.39 is 0 Å². The smallest absolute Gasteiger partial charge is 0.254 e. The molecule has 0 spiro atoms. The summed E-state index contributed by atoms with van der Waals surface area (Å²) >= 11 is 0. The summed E-state index contributed by atoms with van der Waals surface area (Å²) in [7, 11) is 1.84. The average molecular weight is 197 g/mol. The second-order valence-corrected chi connectivity index (χ2v) is 3.98. The van der Waals surface area contributed by atoms with Crippen molar-refractivity contribution in [2.45, 2.75) is 6.54 Å². The molecule has 1 heterocycles. The van der Waals surface area contributed by atoms with E-state index in [1.165, 1.54) is 5.56 Å². The number of hydrogen-bond donors (Lipinski definition) is 0. The first-order valence-corrected chi connectivity index (χ1v) is 5.03. The molecular formula is C13H11NO. The van der Waals surface area contributed by atoms with Gasteiger partial charge in [0.2, 0.25) is 0 Å². The van der Waals surface area contributed by atoms with E-state index in [0.717, 1.165) is 16.3 Å². The summed E-state index contributed by atoms with van der Waals surface area (Å²) in [5.74, 6) is 0.124. The van der Waals surface area contributed by atoms with Crippen LogP contribution in [0, 0.1) is 0 Å². The topological polar surface area (TPSA) is 20.3 Å². The molecule has 1 amide bonds. The van der Waals surface area contributed by atoms with Crippen LogP contribution >= 0.6 is 0 Å². The molecule has 2 nitrogen and oxygen atoms in total. The number of hydrogen-bond acceptors (Lipinski definition) is 1. The minimum Gasteiger partial charge on any atom is -0.337 e. The van der Waals surface area contributed by atoms with Crippen molar-refractivity contribution in [1.82, 2.24) is 4.90 Å². The van der Waals surface area contributed by atoms with Gasteiger partial charge in [-0.05, 0) is 22.4 Å². The highest BCUT2D eigenvalue weighted by Crippen LogP contribution is 2.28. The second kappa shape index (κ2) is 2.83. The van der Waals surface area contributed by atoms with Crippen molar-refractivity contribution < 1.29 is 4.79 Å². The van der Waals surface area contributed by atoms with E-state index in [1.54, 1.807) is 4.90 Å². The van der Waals surface area contributed by atoms with Crippen LogP contribution in [0.3, 0.4) is 0 Å². The Morgan fingerprint density at radius 2 is 1.87 bits per heavy atom. The lowest BCUT2D eigenvalue weighted by atomic mass is 9.95. The largest absolute Gasteiger partial charge is 0.337 e. The molecule has 1 aliphatic rings. The third-order valence-electron chi connectivity index (χ3n) is 2.98. The van der Waals surface area contributed by atoms with Crippen molar-refractivity contribution in [3.8, 4) is 0 Å². The van der Waals surface area contributed by atoms with Crippen LogP contribution < -0.4 is 0 Å². The van der Waals surface area contributed by atoms with Crippen LogP contribution in [0.1, 0.15) is 15.9 Å². The number of benzene rings is 2. The van der Waals surface area contributed by atoms with E-state index in [9.17, 15) is 4.79 Å². The molecule has 0 saturated heterocycles. The van der Waals surface area contributed by atoms with Gasteiger partial charge in [-0.3, -0.25) is 4.79 Å². The molecule has 0 radical (unpaired) electrons. The molecule has 0 aromatic heterocycles. The number of amides is 1. The maximum absolute atomic E-state index is 11.9. The summed E-state index contributed by atoms with van der Waals surface area (Å²) in [5, 5.41) is 2.29. The van der Waals surface area contributed by atoms with Gasteiger partial charge in [-0.1, -0.05) is 30.3 Å². The Labute approximate surface area is 88.1 Å². The van der Waals surface area contributed by atoms with Crippen molar-refractivity contribution in [3.63, 3.8) is 0 Å². The standard InChI is InChI=1S/C13H11NO/c1-14-8-10-6-2-4-9-5-3-7-11(12(9)10)13(14)15/h2-7H,8H2,1H3. The molecule has 2 heteroatoms. The summed E-state index contributed by atoms with van der Waals surface area (Å²) in [6.45, 7) is 0.715. The van der Waals surface area contributed by atoms with E-state index in [-0.39, 0.29) is 5.91 Å². The van der Waals surface area contributed by atoms with Gasteiger partial charge in [-0.15, -0.1) is 0 Å². The lowest BCUT2D eigenvalue weighted by Gasteiger charge is -2.25. The molecule has 0 atom stereocenters. The highest BCUT2D eigenvalue weighted by Gasteiger charge is 2.22. The Bertz CT molecular complexity index is 554. The van der Waals surface area contributed by atoms with Gasteiger partial charge in [-0.25, -0.2) is 0 Å². The van der Waals surface area contributed by atoms with Gasteiger partial charge >= 0.3 is 0 Å². The lowest BCUT2D eigenvalue weighted by Crippen LogP contribution is -2.30. The van der Waals surface area contributed by atoms with E-state index in [0.29, 0.717) is 6.54 Å². The zero-order valence-electron chi connectivity index (χ0n) is 8.53. The van der Waals surface area contributed by atoms with Gasteiger partial charge < -0.3 is 4.90 Å². The van der Waals surface area contributed by atoms with Crippen molar-refractivity contribution >= 4 is 16.7 Å². The third-order valence-corrected chi connectivity index (χ3v) is 2.98. The van der Waals surface area contributed by atoms with Crippen LogP contribution in [-0.4, -0.2) is 17.9 Å². The molecule has 0 unspecified atom stereocenters. The Morgan fingerprint density at radius 1 is 1.13 bits per heavy atom. The van der Waals surface area contributed by atoms with Crippen molar-refractivity contribution in [2.75, 3.05) is 7.05 Å². The highest BCUT2D eigenvalue weighted by atomic mass is 16.2. The lowest BCUT2D eigenvalue weighted by molar-refractivity contribution is 0.0780. The molecule has 0 saturated carbocycles. The van der Waals surface area contributed by atoms with Crippen LogP contribution in [0.4, 0.5) is 0 Å². The molecule has 3 rings (SSSR count). The molecule has 0 aliphatic carbocycles. The molecule has 0 N–H and O–H groups in total. The van der Waals surface area contributed by atoms with E-state index in [4.69, 9.17) is 0 Å². The molecule has 15 heavy (non-hydrogen) atoms. The zero-order valence-corrected chi connectivity index (χ0v) is 8.53. The van der Waals surface area contributed by atoms with Crippen molar-refractivity contribution in [3.05, 3.63) is 47.5 Å². The predicted molar refractivity (Wildman–Crippen MR) is 59.7 cm³/mol. The van der Waals surface area contributed by atoms with Crippen LogP contribution in [0.5, 0.6) is 0 Å². The maximum atomic E-state index is 11.9. The van der Waals surface area contributed by atoms with Crippen LogP contribution in [0.2, 0.25) is 0 Å². The fourth-order valence-corrected chi connectivity index (χ4v) is 2.26. The molecule has 0 bridgehead atoms. The van der Waals surface area contributed by atoms with Crippen molar-refractivity contribution in [2.24, 2.45) is 0 Å². The summed E-state index contributed by atoms with van der Waals surface area (Å²) in [4.78, 5) is 13.7. The van der Waals surface area contributed by atoms with Crippen LogP contribution in [0.15, 0.2) is 36.4 Å². The average Bonchev–Trinajstić information content (AvgIpc) is 2.26. The summed E-state index contributed by atoms with van der Waals surface area (Å²) in [6, 6.07) is 12.1. The number of nitrogens with zero attached hydrogens (tertiary/aromatic N) is 1. The zero-order chi connectivity index (χ0) is 10.4. The van der Waals surface area contributed by atoms with Gasteiger partial charge in [0.05, 0.1) is 0 Å². The van der Waals surface area contributed by atoms with E-state index in [1.807, 2.05) is 25.2 Å². The van der Waals surface area contributed by atoms with Gasteiger partial charge in [-0.2, -0.15) is 0 Å². The van der Waals surface area contributed by atoms with Crippen LogP contribution in [-0.2, 0) is 6.54 Å². The van der Waals surface area contributed by atoms with E-state index in [2.05, 4.69) is 18.2 Å². The van der Waals surface area contributed by atoms with Gasteiger partial charge in [0.1, 0.15) is 0 Å². The third kappa shape index (κ3) is 1.08. The van der Waals surface area contributed by atoms with Crippen molar-refractivity contribution in [1.29, 1.82) is 0 Å². The SMILES string of the molecule is CN1Cc2cccc3cccc(c23)C1=O. The Balaban J connectivity index is 2.46. The maximum Gasteiger partial charge on any atom is 0.254 e. The molecule has 1 aliphatic heterocycles. The number of carbonyl (C=O) groups excluding carboxylic acids is 1. The molecular weight excluding hydrogens is 186 g/mol. The molecule has 2 aromatic rings. The summed E-state index contributed by atoms with van der Waals surface area (Å²) < 4.78 is 0. The minimum atomic E-state index is 0.124. The van der Waals surface area contributed by atoms with Gasteiger partial charge in [0.25, 0.3) is 5.91 Å². The quantitative estimate of drug-likeness (QED) is 0.635. The number of carbonyl (C=O) groups is 1. The van der Waals surface area contributed by atoms with Crippen LogP contribution in [0.25, 0.3) is 10.8 Å². The molecule has 0 fully saturated rings. The molecule has 74 valence electrons. The fourth-order valence-electron chi connectivity index (χ4n) is 2.26. The van der Waals surface area contributed by atoms with E-state index >= 15 is 0 Å². The van der Waals surface area contributed by atoms with Gasteiger partial charge in [0.15, 0.2) is 0 Å². The monoisotopic (exact) mass is 197 g/mol. The fraction of sp³-hybridized carbons (Fsp3) is 0.154. The minimum absolute atomic E-state index is 0.124. The first-order chi connectivity index (χ1) is 7.27. The summed E-state index contributed by atoms with van der Waals surface area (Å²) in [5.41, 5.74) is 2.07. The number of rotatable bonds is 0. The normalized spacial score (nSPS) is 14.7. The first-order valence-electron chi connectivity index (χ1n) is 5.03. The Morgan fingerprint density at radius 3 is 2.67 bits per heavy atom. The Hall–Kier alpha value is -1.83. The Kier molecular flexibility index (Phi) is 1.60. The van der Waals surface area contributed by atoms with Gasteiger partial charge in [0, 0.05) is 19.2 Å². The highest BCUT2D eigenvalue weighted by molar-refractivity contribution is 6.09. The molecule has 2 aromatic carbocycles.